The summed E-state index contributed by atoms with van der Waals surface area (Å²) >= 11 is 1.83. The summed E-state index contributed by atoms with van der Waals surface area (Å²) in [5.74, 6) is 1.22. The van der Waals surface area contributed by atoms with Crippen molar-refractivity contribution in [1.82, 2.24) is 4.58 Å². The molecule has 0 fully saturated rings. The predicted octanol–water partition coefficient (Wildman–Crippen LogP) is 8.37. The van der Waals surface area contributed by atoms with Crippen molar-refractivity contribution in [3.63, 3.8) is 0 Å². The highest BCUT2D eigenvalue weighted by Crippen LogP contribution is 2.33. The van der Waals surface area contributed by atoms with Gasteiger partial charge < -0.3 is 0 Å². The van der Waals surface area contributed by atoms with Crippen LogP contribution in [-0.2, 0) is 0 Å². The number of para-hydroxylation sites is 2. The third-order valence-electron chi connectivity index (χ3n) is 4.35. The van der Waals surface area contributed by atoms with Gasteiger partial charge in [-0.15, -0.1) is 4.58 Å². The molecule has 0 aromatic heterocycles. The second-order valence-electron chi connectivity index (χ2n) is 6.50. The van der Waals surface area contributed by atoms with Crippen LogP contribution in [0.4, 0.5) is 11.4 Å². The minimum atomic E-state index is 1.22. The molecule has 2 aromatic carbocycles. The van der Waals surface area contributed by atoms with Crippen LogP contribution in [0, 0.1) is 0 Å². The zero-order valence-electron chi connectivity index (χ0n) is 16.6. The zero-order valence-corrected chi connectivity index (χ0v) is 19.1. The third-order valence-corrected chi connectivity index (χ3v) is 8.17. The molecular formula is C23H32NS3+. The van der Waals surface area contributed by atoms with Crippen LogP contribution in [0.25, 0.3) is 0 Å². The number of rotatable bonds is 11. The van der Waals surface area contributed by atoms with Gasteiger partial charge in [-0.05, 0) is 12.7 Å². The van der Waals surface area contributed by atoms with Crippen molar-refractivity contribution in [3.8, 4) is 0 Å². The smallest absolute Gasteiger partial charge is 0.142 e. The van der Waals surface area contributed by atoms with Gasteiger partial charge in [0.15, 0.2) is 0 Å². The first-order chi connectivity index (χ1) is 13.4. The molecule has 2 rings (SSSR count). The van der Waals surface area contributed by atoms with Gasteiger partial charge in [0.05, 0.1) is 0 Å². The van der Waals surface area contributed by atoms with E-state index in [4.69, 9.17) is 0 Å². The summed E-state index contributed by atoms with van der Waals surface area (Å²) in [5.41, 5.74) is 2.44. The van der Waals surface area contributed by atoms with E-state index in [-0.39, 0.29) is 0 Å². The second kappa shape index (κ2) is 14.2. The molecule has 0 bridgehead atoms. The molecule has 1 nitrogen and oxygen atoms in total. The number of unbranched alkanes of at least 4 members (excludes halogenated alkanes) is 6. The molecule has 146 valence electrons. The first-order valence-electron chi connectivity index (χ1n) is 9.97. The lowest BCUT2D eigenvalue weighted by molar-refractivity contribution is 0.604. The van der Waals surface area contributed by atoms with Gasteiger partial charge in [0.25, 0.3) is 4.38 Å². The molecule has 0 spiro atoms. The van der Waals surface area contributed by atoms with E-state index >= 15 is 0 Å². The average molecular weight is 419 g/mol. The van der Waals surface area contributed by atoms with E-state index in [0.29, 0.717) is 0 Å². The average Bonchev–Trinajstić information content (AvgIpc) is 2.73. The van der Waals surface area contributed by atoms with Crippen molar-refractivity contribution >= 4 is 49.1 Å². The number of benzene rings is 2. The summed E-state index contributed by atoms with van der Waals surface area (Å²) in [4.78, 5) is 0. The van der Waals surface area contributed by atoms with Gasteiger partial charge in [0.1, 0.15) is 0 Å². The van der Waals surface area contributed by atoms with E-state index in [1.54, 1.807) is 0 Å². The molecule has 0 radical (unpaired) electrons. The van der Waals surface area contributed by atoms with Crippen LogP contribution in [0.5, 0.6) is 0 Å². The summed E-state index contributed by atoms with van der Waals surface area (Å²) in [6.45, 7) is 2.28. The molecule has 0 unspecified atom stereocenters. The van der Waals surface area contributed by atoms with Gasteiger partial charge in [0.2, 0.25) is 11.4 Å². The van der Waals surface area contributed by atoms with Gasteiger partial charge in [-0.2, -0.15) is 0 Å². The fourth-order valence-electron chi connectivity index (χ4n) is 2.89. The van der Waals surface area contributed by atoms with Crippen LogP contribution in [-0.4, -0.2) is 16.4 Å². The summed E-state index contributed by atoms with van der Waals surface area (Å²) in [6, 6.07) is 21.3. The molecule has 0 saturated carbocycles. The quantitative estimate of drug-likeness (QED) is 0.119. The van der Waals surface area contributed by atoms with Crippen molar-refractivity contribution in [2.45, 2.75) is 51.9 Å². The largest absolute Gasteiger partial charge is 0.292 e. The molecule has 0 saturated heterocycles. The maximum Gasteiger partial charge on any atom is 0.292 e. The van der Waals surface area contributed by atoms with Gasteiger partial charge >= 0.3 is 0 Å². The summed E-state index contributed by atoms with van der Waals surface area (Å²) in [7, 11) is 3.90. The monoisotopic (exact) mass is 418 g/mol. The number of hydrogen-bond donors (Lipinski definition) is 0. The maximum absolute atomic E-state index is 2.37. The van der Waals surface area contributed by atoms with Gasteiger partial charge in [-0.3, -0.25) is 0 Å². The molecule has 0 aliphatic heterocycles. The Morgan fingerprint density at radius 1 is 0.741 bits per heavy atom. The molecule has 0 amide bonds. The van der Waals surface area contributed by atoms with E-state index in [9.17, 15) is 0 Å². The molecule has 4 heteroatoms. The van der Waals surface area contributed by atoms with E-state index < -0.39 is 0 Å². The minimum absolute atomic E-state index is 1.22. The molecule has 0 heterocycles. The highest BCUT2D eigenvalue weighted by molar-refractivity contribution is 8.86. The minimum Gasteiger partial charge on any atom is -0.142 e. The molecule has 0 aliphatic carbocycles. The Labute approximate surface area is 177 Å². The normalized spacial score (nSPS) is 10.7. The SMILES string of the molecule is CCCCCCCCCSSC(SC)=[N+](c1ccccc1)c1ccccc1. The fraction of sp³-hybridized carbons (Fsp3) is 0.435. The summed E-state index contributed by atoms with van der Waals surface area (Å²) < 4.78 is 3.69. The Morgan fingerprint density at radius 3 is 1.78 bits per heavy atom. The van der Waals surface area contributed by atoms with Crippen molar-refractivity contribution in [2.75, 3.05) is 12.0 Å². The molecular weight excluding hydrogens is 386 g/mol. The predicted molar refractivity (Wildman–Crippen MR) is 131 cm³/mol. The Morgan fingerprint density at radius 2 is 1.26 bits per heavy atom. The Balaban J connectivity index is 1.94. The summed E-state index contributed by atoms with van der Waals surface area (Å²) in [6.07, 6.45) is 11.8. The molecule has 27 heavy (non-hydrogen) atoms. The van der Waals surface area contributed by atoms with E-state index in [1.807, 2.05) is 33.3 Å². The standard InChI is InChI=1S/C23H32NS3/c1-3-4-5-6-7-8-15-20-26-27-23(25-2)24(21-16-11-9-12-17-21)22-18-13-10-14-19-22/h9-14,16-19H,3-8,15,20H2,1-2H3/q+1. The lowest BCUT2D eigenvalue weighted by Gasteiger charge is -2.07. The van der Waals surface area contributed by atoms with Crippen molar-refractivity contribution in [2.24, 2.45) is 0 Å². The first-order valence-corrected chi connectivity index (χ1v) is 13.5. The van der Waals surface area contributed by atoms with Crippen LogP contribution in [0.2, 0.25) is 0 Å². The lowest BCUT2D eigenvalue weighted by Crippen LogP contribution is -2.10. The molecule has 0 atom stereocenters. The zero-order chi connectivity index (χ0) is 19.2. The van der Waals surface area contributed by atoms with E-state index in [1.165, 1.54) is 66.4 Å². The first kappa shape index (κ1) is 22.4. The van der Waals surface area contributed by atoms with Gasteiger partial charge in [-0.25, -0.2) is 0 Å². The maximum atomic E-state index is 2.37. The Hall–Kier alpha value is -0.840. The lowest BCUT2D eigenvalue weighted by atomic mass is 10.1. The van der Waals surface area contributed by atoms with Gasteiger partial charge in [0, 0.05) is 40.8 Å². The topological polar surface area (TPSA) is 3.01 Å². The number of nitrogens with zero attached hydrogens (tertiary/aromatic N) is 1. The second-order valence-corrected chi connectivity index (χ2v) is 9.96. The highest BCUT2D eigenvalue weighted by atomic mass is 33.1. The summed E-state index contributed by atoms with van der Waals surface area (Å²) in [5, 5.41) is 0. The molecule has 2 aromatic rings. The third kappa shape index (κ3) is 8.37. The van der Waals surface area contributed by atoms with Crippen LogP contribution in [0.1, 0.15) is 51.9 Å². The van der Waals surface area contributed by atoms with Crippen LogP contribution in [0.3, 0.4) is 0 Å². The fourth-order valence-corrected chi connectivity index (χ4v) is 6.52. The number of thioether (sulfide) groups is 1. The van der Waals surface area contributed by atoms with E-state index in [2.05, 4.69) is 78.4 Å². The van der Waals surface area contributed by atoms with Gasteiger partial charge in [-0.1, -0.05) is 104 Å². The van der Waals surface area contributed by atoms with Crippen molar-refractivity contribution in [1.29, 1.82) is 0 Å². The Bertz CT molecular complexity index is 614. The number of hydrogen-bond acceptors (Lipinski definition) is 3. The Kier molecular flexibility index (Phi) is 11.8. The van der Waals surface area contributed by atoms with Crippen molar-refractivity contribution in [3.05, 3.63) is 60.7 Å². The van der Waals surface area contributed by atoms with Crippen LogP contribution in [0.15, 0.2) is 60.7 Å². The van der Waals surface area contributed by atoms with Crippen LogP contribution < -0.4 is 4.58 Å². The van der Waals surface area contributed by atoms with Crippen LogP contribution >= 0.6 is 33.3 Å². The van der Waals surface area contributed by atoms with Crippen molar-refractivity contribution < 1.29 is 0 Å². The molecule has 0 aliphatic rings. The molecule has 0 N–H and O–H groups in total. The highest BCUT2D eigenvalue weighted by Gasteiger charge is 2.20. The van der Waals surface area contributed by atoms with E-state index in [0.717, 1.165) is 0 Å².